The number of hydrogen-bond donors (Lipinski definition) is 1. The van der Waals surface area contributed by atoms with Crippen LogP contribution in [0.15, 0.2) is 36.7 Å². The molecule has 0 bridgehead atoms. The smallest absolute Gasteiger partial charge is 0.165 e. The van der Waals surface area contributed by atoms with Crippen molar-refractivity contribution in [3.8, 4) is 11.5 Å². The molecule has 0 aliphatic carbocycles. The molecule has 1 N–H and O–H groups in total. The van der Waals surface area contributed by atoms with Crippen LogP contribution in [-0.2, 0) is 6.54 Å². The molecule has 0 spiro atoms. The number of nitrogens with one attached hydrogen (secondary N) is 1. The quantitative estimate of drug-likeness (QED) is 0.781. The van der Waals surface area contributed by atoms with Crippen LogP contribution in [0.1, 0.15) is 38.8 Å². The van der Waals surface area contributed by atoms with Crippen LogP contribution in [0.4, 0.5) is 0 Å². The van der Waals surface area contributed by atoms with Gasteiger partial charge in [0.25, 0.3) is 0 Å². The van der Waals surface area contributed by atoms with Gasteiger partial charge in [0.2, 0.25) is 0 Å². The molecule has 4 nitrogen and oxygen atoms in total. The van der Waals surface area contributed by atoms with Crippen molar-refractivity contribution in [2.45, 2.75) is 39.8 Å². The Morgan fingerprint density at radius 3 is 2.80 bits per heavy atom. The Kier molecular flexibility index (Phi) is 5.18. The molecular formula is C16H23N3O. The molecule has 0 atom stereocenters. The average Bonchev–Trinajstić information content (AvgIpc) is 2.90. The number of ether oxygens (including phenoxy) is 1. The summed E-state index contributed by atoms with van der Waals surface area (Å²) in [6.45, 7) is 8.19. The summed E-state index contributed by atoms with van der Waals surface area (Å²) < 4.78 is 7.84. The zero-order valence-electron chi connectivity index (χ0n) is 12.5. The average molecular weight is 273 g/mol. The number of para-hydroxylation sites is 1. The van der Waals surface area contributed by atoms with Crippen molar-refractivity contribution < 1.29 is 4.74 Å². The Morgan fingerprint density at radius 1 is 1.30 bits per heavy atom. The molecule has 108 valence electrons. The largest absolute Gasteiger partial charge is 0.454 e. The number of nitrogens with zero attached hydrogens (tertiary/aromatic N) is 2. The molecule has 0 saturated heterocycles. The van der Waals surface area contributed by atoms with Crippen molar-refractivity contribution in [2.24, 2.45) is 0 Å². The molecule has 0 radical (unpaired) electrons. The van der Waals surface area contributed by atoms with Crippen LogP contribution in [0.5, 0.6) is 11.5 Å². The van der Waals surface area contributed by atoms with Gasteiger partial charge in [-0.15, -0.1) is 0 Å². The zero-order chi connectivity index (χ0) is 14.4. The number of benzene rings is 1. The van der Waals surface area contributed by atoms with Crippen LogP contribution < -0.4 is 10.1 Å². The van der Waals surface area contributed by atoms with Gasteiger partial charge in [0.15, 0.2) is 5.75 Å². The van der Waals surface area contributed by atoms with Crippen molar-refractivity contribution in [3.05, 3.63) is 42.2 Å². The highest BCUT2D eigenvalue weighted by Crippen LogP contribution is 2.25. The molecule has 1 heterocycles. The molecule has 1 aromatic heterocycles. The first-order chi connectivity index (χ1) is 9.70. The van der Waals surface area contributed by atoms with Crippen LogP contribution in [0, 0.1) is 0 Å². The Balaban J connectivity index is 2.07. The van der Waals surface area contributed by atoms with E-state index in [1.807, 2.05) is 29.1 Å². The molecule has 20 heavy (non-hydrogen) atoms. The first kappa shape index (κ1) is 14.6. The lowest BCUT2D eigenvalue weighted by Gasteiger charge is -2.10. The van der Waals surface area contributed by atoms with Crippen LogP contribution in [0.25, 0.3) is 0 Å². The van der Waals surface area contributed by atoms with E-state index in [0.717, 1.165) is 31.0 Å². The third kappa shape index (κ3) is 3.84. The predicted octanol–water partition coefficient (Wildman–Crippen LogP) is 3.76. The minimum Gasteiger partial charge on any atom is -0.454 e. The standard InChI is InChI=1S/C16H23N3O/c1-4-9-17-10-14-7-5-6-8-16(14)20-15-11-18-19(12-15)13(2)3/h5-8,11-13,17H,4,9-10H2,1-3H3. The van der Waals surface area contributed by atoms with Crippen molar-refractivity contribution >= 4 is 0 Å². The number of hydrogen-bond acceptors (Lipinski definition) is 3. The molecule has 2 aromatic rings. The van der Waals surface area contributed by atoms with E-state index in [1.54, 1.807) is 6.20 Å². The van der Waals surface area contributed by atoms with Crippen molar-refractivity contribution in [3.63, 3.8) is 0 Å². The summed E-state index contributed by atoms with van der Waals surface area (Å²) in [4.78, 5) is 0. The van der Waals surface area contributed by atoms with Gasteiger partial charge in [-0.2, -0.15) is 5.10 Å². The third-order valence-corrected chi connectivity index (χ3v) is 3.05. The van der Waals surface area contributed by atoms with Gasteiger partial charge in [-0.05, 0) is 32.9 Å². The summed E-state index contributed by atoms with van der Waals surface area (Å²) >= 11 is 0. The number of aromatic nitrogens is 2. The van der Waals surface area contributed by atoms with Gasteiger partial charge < -0.3 is 10.1 Å². The molecule has 0 aliphatic rings. The van der Waals surface area contributed by atoms with E-state index < -0.39 is 0 Å². The topological polar surface area (TPSA) is 39.1 Å². The Morgan fingerprint density at radius 2 is 2.10 bits per heavy atom. The second-order valence-corrected chi connectivity index (χ2v) is 5.14. The summed E-state index contributed by atoms with van der Waals surface area (Å²) in [6.07, 6.45) is 4.82. The van der Waals surface area contributed by atoms with Gasteiger partial charge in [0.05, 0.1) is 12.4 Å². The zero-order valence-corrected chi connectivity index (χ0v) is 12.5. The highest BCUT2D eigenvalue weighted by molar-refractivity contribution is 5.36. The van der Waals surface area contributed by atoms with Gasteiger partial charge in [-0.25, -0.2) is 0 Å². The van der Waals surface area contributed by atoms with E-state index in [1.165, 1.54) is 5.56 Å². The first-order valence-corrected chi connectivity index (χ1v) is 7.21. The van der Waals surface area contributed by atoms with Gasteiger partial charge in [0, 0.05) is 18.2 Å². The van der Waals surface area contributed by atoms with Crippen LogP contribution in [0.2, 0.25) is 0 Å². The third-order valence-electron chi connectivity index (χ3n) is 3.05. The fraction of sp³-hybridized carbons (Fsp3) is 0.438. The highest BCUT2D eigenvalue weighted by Gasteiger charge is 2.07. The predicted molar refractivity (Wildman–Crippen MR) is 81.1 cm³/mol. The van der Waals surface area contributed by atoms with Gasteiger partial charge >= 0.3 is 0 Å². The maximum Gasteiger partial charge on any atom is 0.165 e. The van der Waals surface area contributed by atoms with E-state index in [4.69, 9.17) is 4.74 Å². The molecule has 0 aliphatic heterocycles. The van der Waals surface area contributed by atoms with Crippen LogP contribution in [-0.4, -0.2) is 16.3 Å². The molecular weight excluding hydrogens is 250 g/mol. The first-order valence-electron chi connectivity index (χ1n) is 7.21. The molecule has 0 fully saturated rings. The second-order valence-electron chi connectivity index (χ2n) is 5.14. The monoisotopic (exact) mass is 273 g/mol. The van der Waals surface area contributed by atoms with E-state index in [9.17, 15) is 0 Å². The minimum atomic E-state index is 0.341. The van der Waals surface area contributed by atoms with Gasteiger partial charge in [0.1, 0.15) is 5.75 Å². The summed E-state index contributed by atoms with van der Waals surface area (Å²) in [6, 6.07) is 8.45. The summed E-state index contributed by atoms with van der Waals surface area (Å²) in [5.41, 5.74) is 1.17. The molecule has 0 unspecified atom stereocenters. The Hall–Kier alpha value is -1.81. The fourth-order valence-corrected chi connectivity index (χ4v) is 1.93. The van der Waals surface area contributed by atoms with E-state index in [2.05, 4.69) is 37.3 Å². The SMILES string of the molecule is CCCNCc1ccccc1Oc1cnn(C(C)C)c1. The van der Waals surface area contributed by atoms with Gasteiger partial charge in [-0.1, -0.05) is 25.1 Å². The lowest BCUT2D eigenvalue weighted by Crippen LogP contribution is -2.14. The van der Waals surface area contributed by atoms with E-state index >= 15 is 0 Å². The molecule has 0 amide bonds. The molecule has 0 saturated carbocycles. The summed E-state index contributed by atoms with van der Waals surface area (Å²) in [5, 5.41) is 7.69. The molecule has 2 rings (SSSR count). The van der Waals surface area contributed by atoms with Crippen molar-refractivity contribution in [1.82, 2.24) is 15.1 Å². The maximum atomic E-state index is 5.95. The summed E-state index contributed by atoms with van der Waals surface area (Å²) in [5.74, 6) is 1.67. The lowest BCUT2D eigenvalue weighted by atomic mass is 10.2. The van der Waals surface area contributed by atoms with E-state index in [0.29, 0.717) is 6.04 Å². The summed E-state index contributed by atoms with van der Waals surface area (Å²) in [7, 11) is 0. The molecule has 1 aromatic carbocycles. The normalized spacial score (nSPS) is 11.0. The highest BCUT2D eigenvalue weighted by atomic mass is 16.5. The van der Waals surface area contributed by atoms with Crippen molar-refractivity contribution in [1.29, 1.82) is 0 Å². The van der Waals surface area contributed by atoms with Crippen LogP contribution >= 0.6 is 0 Å². The van der Waals surface area contributed by atoms with Crippen LogP contribution in [0.3, 0.4) is 0 Å². The Bertz CT molecular complexity index is 534. The minimum absolute atomic E-state index is 0.341. The number of rotatable bonds is 7. The second kappa shape index (κ2) is 7.10. The molecule has 4 heteroatoms. The van der Waals surface area contributed by atoms with E-state index in [-0.39, 0.29) is 0 Å². The fourth-order valence-electron chi connectivity index (χ4n) is 1.93. The van der Waals surface area contributed by atoms with Crippen molar-refractivity contribution in [2.75, 3.05) is 6.54 Å². The maximum absolute atomic E-state index is 5.95. The van der Waals surface area contributed by atoms with Gasteiger partial charge in [-0.3, -0.25) is 4.68 Å². The lowest BCUT2D eigenvalue weighted by molar-refractivity contribution is 0.468. The Labute approximate surface area is 120 Å².